The van der Waals surface area contributed by atoms with Gasteiger partial charge in [0.2, 0.25) is 0 Å². The van der Waals surface area contributed by atoms with Crippen molar-refractivity contribution in [2.24, 2.45) is 0 Å². The Hall–Kier alpha value is -0.360. The zero-order valence-corrected chi connectivity index (χ0v) is 12.5. The van der Waals surface area contributed by atoms with E-state index in [1.54, 1.807) is 0 Å². The van der Waals surface area contributed by atoms with E-state index in [-0.39, 0.29) is 27.7 Å². The van der Waals surface area contributed by atoms with Gasteiger partial charge in [0, 0.05) is 12.6 Å². The summed E-state index contributed by atoms with van der Waals surface area (Å²) in [5.41, 5.74) is -0.00402. The summed E-state index contributed by atoms with van der Waals surface area (Å²) < 4.78 is 6.20. The molecule has 1 aliphatic heterocycles. The number of halogens is 2. The summed E-state index contributed by atoms with van der Waals surface area (Å²) in [6.07, 6.45) is 1.57. The van der Waals surface area contributed by atoms with E-state index in [0.29, 0.717) is 10.9 Å². The van der Waals surface area contributed by atoms with Crippen LogP contribution in [0, 0.1) is 0 Å². The van der Waals surface area contributed by atoms with Crippen LogP contribution in [-0.4, -0.2) is 29.1 Å². The average Bonchev–Trinajstić information content (AvgIpc) is 2.56. The SMILES string of the molecule is CC1(C)C[C@H](NC(=O)c2nc(Cl)sc2Cl)CCO1. The maximum Gasteiger partial charge on any atom is 0.272 e. The van der Waals surface area contributed by atoms with Crippen LogP contribution in [0.2, 0.25) is 8.80 Å². The summed E-state index contributed by atoms with van der Waals surface area (Å²) in [6.45, 7) is 4.67. The minimum Gasteiger partial charge on any atom is -0.375 e. The topological polar surface area (TPSA) is 51.2 Å². The van der Waals surface area contributed by atoms with Gasteiger partial charge in [0.15, 0.2) is 10.2 Å². The van der Waals surface area contributed by atoms with Crippen LogP contribution < -0.4 is 5.32 Å². The molecule has 4 nitrogen and oxygen atoms in total. The number of nitrogens with one attached hydrogen (secondary N) is 1. The molecule has 2 rings (SSSR count). The van der Waals surface area contributed by atoms with Gasteiger partial charge in [-0.05, 0) is 26.7 Å². The maximum atomic E-state index is 12.0. The third kappa shape index (κ3) is 3.35. The molecule has 0 aromatic carbocycles. The number of hydrogen-bond donors (Lipinski definition) is 1. The van der Waals surface area contributed by atoms with E-state index in [1.807, 2.05) is 13.8 Å². The molecular formula is C11H14Cl2N2O2S. The molecule has 0 bridgehead atoms. The molecule has 2 heterocycles. The fourth-order valence-electron chi connectivity index (χ4n) is 2.03. The number of amides is 1. The number of aromatic nitrogens is 1. The first-order valence-electron chi connectivity index (χ1n) is 5.64. The van der Waals surface area contributed by atoms with Crippen molar-refractivity contribution in [1.29, 1.82) is 0 Å². The van der Waals surface area contributed by atoms with Crippen LogP contribution in [0.15, 0.2) is 0 Å². The molecule has 1 atom stereocenters. The zero-order valence-electron chi connectivity index (χ0n) is 10.1. The Morgan fingerprint density at radius 1 is 1.56 bits per heavy atom. The molecule has 1 saturated heterocycles. The predicted molar refractivity (Wildman–Crippen MR) is 72.7 cm³/mol. The molecule has 1 aromatic rings. The lowest BCUT2D eigenvalue weighted by atomic mass is 9.94. The molecule has 100 valence electrons. The van der Waals surface area contributed by atoms with Gasteiger partial charge in [0.05, 0.1) is 5.60 Å². The molecule has 0 radical (unpaired) electrons. The summed E-state index contributed by atoms with van der Waals surface area (Å²) in [7, 11) is 0. The van der Waals surface area contributed by atoms with Crippen molar-refractivity contribution in [3.8, 4) is 0 Å². The van der Waals surface area contributed by atoms with E-state index in [0.717, 1.165) is 24.2 Å². The van der Waals surface area contributed by atoms with E-state index >= 15 is 0 Å². The molecule has 1 fully saturated rings. The van der Waals surface area contributed by atoms with Gasteiger partial charge in [-0.2, -0.15) is 0 Å². The van der Waals surface area contributed by atoms with Gasteiger partial charge in [-0.15, -0.1) is 0 Å². The van der Waals surface area contributed by atoms with Gasteiger partial charge in [-0.3, -0.25) is 4.79 Å². The maximum absolute atomic E-state index is 12.0. The summed E-state index contributed by atoms with van der Waals surface area (Å²) in [4.78, 5) is 15.9. The number of nitrogens with zero attached hydrogens (tertiary/aromatic N) is 1. The molecule has 1 amide bonds. The number of ether oxygens (including phenoxy) is 1. The Bertz CT molecular complexity index is 462. The van der Waals surface area contributed by atoms with Crippen LogP contribution >= 0.6 is 34.5 Å². The number of hydrogen-bond acceptors (Lipinski definition) is 4. The lowest BCUT2D eigenvalue weighted by molar-refractivity contribution is -0.0615. The normalized spacial score (nSPS) is 22.8. The predicted octanol–water partition coefficient (Wildman–Crippen LogP) is 3.14. The molecule has 18 heavy (non-hydrogen) atoms. The van der Waals surface area contributed by atoms with E-state index in [2.05, 4.69) is 10.3 Å². The average molecular weight is 309 g/mol. The second kappa shape index (κ2) is 5.33. The van der Waals surface area contributed by atoms with Crippen LogP contribution in [0.4, 0.5) is 0 Å². The van der Waals surface area contributed by atoms with Gasteiger partial charge >= 0.3 is 0 Å². The molecule has 0 aliphatic carbocycles. The van der Waals surface area contributed by atoms with Crippen molar-refractivity contribution in [3.63, 3.8) is 0 Å². The molecule has 7 heteroatoms. The smallest absolute Gasteiger partial charge is 0.272 e. The van der Waals surface area contributed by atoms with Crippen molar-refractivity contribution >= 4 is 40.4 Å². The number of carbonyl (C=O) groups excluding carboxylic acids is 1. The molecule has 1 aromatic heterocycles. The molecule has 1 aliphatic rings. The van der Waals surface area contributed by atoms with E-state index in [1.165, 1.54) is 0 Å². The Kier molecular flexibility index (Phi) is 4.16. The Balaban J connectivity index is 2.01. The first kappa shape index (κ1) is 14.1. The third-order valence-electron chi connectivity index (χ3n) is 2.81. The van der Waals surface area contributed by atoms with Gasteiger partial charge in [-0.25, -0.2) is 4.98 Å². The number of thiazole rings is 1. The Morgan fingerprint density at radius 3 is 2.83 bits per heavy atom. The van der Waals surface area contributed by atoms with Crippen LogP contribution in [0.3, 0.4) is 0 Å². The molecule has 0 spiro atoms. The van der Waals surface area contributed by atoms with Gasteiger partial charge < -0.3 is 10.1 Å². The summed E-state index contributed by atoms with van der Waals surface area (Å²) in [6, 6.07) is 0.0813. The largest absolute Gasteiger partial charge is 0.375 e. The Labute approximate surface area is 120 Å². The highest BCUT2D eigenvalue weighted by Crippen LogP contribution is 2.28. The van der Waals surface area contributed by atoms with Crippen LogP contribution in [-0.2, 0) is 4.74 Å². The van der Waals surface area contributed by atoms with E-state index < -0.39 is 0 Å². The van der Waals surface area contributed by atoms with E-state index in [4.69, 9.17) is 27.9 Å². The molecule has 0 saturated carbocycles. The first-order valence-corrected chi connectivity index (χ1v) is 7.21. The van der Waals surface area contributed by atoms with Crippen LogP contribution in [0.1, 0.15) is 37.2 Å². The lowest BCUT2D eigenvalue weighted by Crippen LogP contribution is -2.45. The van der Waals surface area contributed by atoms with Crippen molar-refractivity contribution in [1.82, 2.24) is 10.3 Å². The molecule has 1 N–H and O–H groups in total. The summed E-state index contributed by atoms with van der Waals surface area (Å²) in [5.74, 6) is -0.272. The van der Waals surface area contributed by atoms with Crippen molar-refractivity contribution in [2.75, 3.05) is 6.61 Å². The fraction of sp³-hybridized carbons (Fsp3) is 0.636. The minimum atomic E-state index is -0.272. The van der Waals surface area contributed by atoms with Crippen LogP contribution in [0.25, 0.3) is 0 Å². The summed E-state index contributed by atoms with van der Waals surface area (Å²) in [5, 5.41) is 2.93. The van der Waals surface area contributed by atoms with Crippen molar-refractivity contribution < 1.29 is 9.53 Å². The second-order valence-corrected chi connectivity index (χ2v) is 7.04. The number of carbonyl (C=O) groups is 1. The monoisotopic (exact) mass is 308 g/mol. The minimum absolute atomic E-state index is 0.0813. The quantitative estimate of drug-likeness (QED) is 0.913. The fourth-order valence-corrected chi connectivity index (χ4v) is 3.33. The van der Waals surface area contributed by atoms with Gasteiger partial charge in [0.1, 0.15) is 4.34 Å². The standard InChI is InChI=1S/C11H14Cl2N2O2S/c1-11(2)5-6(3-4-17-11)14-9(16)7-8(12)18-10(13)15-7/h6H,3-5H2,1-2H3,(H,14,16)/t6-/m1/s1. The van der Waals surface area contributed by atoms with Gasteiger partial charge in [0.25, 0.3) is 5.91 Å². The highest BCUT2D eigenvalue weighted by Gasteiger charge is 2.30. The molecular weight excluding hydrogens is 295 g/mol. The van der Waals surface area contributed by atoms with Gasteiger partial charge in [-0.1, -0.05) is 34.5 Å². The third-order valence-corrected chi connectivity index (χ3v) is 4.17. The van der Waals surface area contributed by atoms with Crippen molar-refractivity contribution in [2.45, 2.75) is 38.3 Å². The highest BCUT2D eigenvalue weighted by molar-refractivity contribution is 7.19. The molecule has 0 unspecified atom stereocenters. The zero-order chi connectivity index (χ0) is 13.3. The Morgan fingerprint density at radius 2 is 2.28 bits per heavy atom. The first-order chi connectivity index (χ1) is 8.37. The second-order valence-electron chi connectivity index (χ2n) is 4.86. The van der Waals surface area contributed by atoms with Crippen LogP contribution in [0.5, 0.6) is 0 Å². The summed E-state index contributed by atoms with van der Waals surface area (Å²) >= 11 is 12.7. The van der Waals surface area contributed by atoms with E-state index in [9.17, 15) is 4.79 Å². The lowest BCUT2D eigenvalue weighted by Gasteiger charge is -2.35. The highest BCUT2D eigenvalue weighted by atomic mass is 35.5. The van der Waals surface area contributed by atoms with Crippen molar-refractivity contribution in [3.05, 3.63) is 14.5 Å². The number of rotatable bonds is 2.